The lowest BCUT2D eigenvalue weighted by atomic mass is 10.3. The van der Waals surface area contributed by atoms with E-state index in [1.807, 2.05) is 0 Å². The minimum Gasteiger partial charge on any atom is -0.490 e. The fourth-order valence-corrected chi connectivity index (χ4v) is 2.57. The van der Waals surface area contributed by atoms with Crippen LogP contribution in [0.3, 0.4) is 0 Å². The Balaban J connectivity index is 1.71. The van der Waals surface area contributed by atoms with Crippen LogP contribution in [0, 0.1) is 5.82 Å². The molecule has 1 N–H and O–H groups in total. The molecule has 0 saturated heterocycles. The first-order valence-corrected chi connectivity index (χ1v) is 8.11. The molecule has 1 amide bonds. The van der Waals surface area contributed by atoms with Crippen molar-refractivity contribution in [3.05, 3.63) is 63.2 Å². The fourth-order valence-electron chi connectivity index (χ4n) is 2.57. The van der Waals surface area contributed by atoms with Crippen LogP contribution in [0.5, 0.6) is 5.75 Å². The summed E-state index contributed by atoms with van der Waals surface area (Å²) in [7, 11) is 2.88. The molecule has 0 aliphatic heterocycles. The highest BCUT2D eigenvalue weighted by atomic mass is 19.1. The van der Waals surface area contributed by atoms with Crippen molar-refractivity contribution in [2.24, 2.45) is 14.1 Å². The number of hydrogen-bond acceptors (Lipinski definition) is 5. The molecule has 0 unspecified atom stereocenters. The number of ether oxygens (including phenoxy) is 1. The monoisotopic (exact) mass is 372 g/mol. The number of para-hydroxylation sites is 1. The maximum Gasteiger partial charge on any atom is 0.332 e. The van der Waals surface area contributed by atoms with Gasteiger partial charge in [-0.15, -0.1) is 0 Å². The highest BCUT2D eigenvalue weighted by Crippen LogP contribution is 2.16. The van der Waals surface area contributed by atoms with Crippen molar-refractivity contribution in [2.45, 2.75) is 6.42 Å². The number of rotatable bonds is 5. The second-order valence-electron chi connectivity index (χ2n) is 5.88. The van der Waals surface area contributed by atoms with E-state index < -0.39 is 17.1 Å². The number of nitrogens with zero attached hydrogens (tertiary/aromatic N) is 3. The summed E-state index contributed by atoms with van der Waals surface area (Å²) in [5.41, 5.74) is -0.445. The predicted octanol–water partition coefficient (Wildman–Crippen LogP) is 1.18. The first-order chi connectivity index (χ1) is 12.9. The quantitative estimate of drug-likeness (QED) is 0.726. The number of benzene rings is 1. The predicted molar refractivity (Wildman–Crippen MR) is 97.4 cm³/mol. The topological polar surface area (TPSA) is 95.2 Å². The van der Waals surface area contributed by atoms with Crippen LogP contribution in [-0.4, -0.2) is 26.6 Å². The van der Waals surface area contributed by atoms with Crippen LogP contribution in [0.25, 0.3) is 11.0 Å². The number of nitrogens with one attached hydrogen (secondary N) is 1. The molecule has 1 aromatic carbocycles. The van der Waals surface area contributed by atoms with Crippen LogP contribution >= 0.6 is 0 Å². The van der Waals surface area contributed by atoms with Gasteiger partial charge in [0, 0.05) is 14.1 Å². The molecule has 27 heavy (non-hydrogen) atoms. The minimum atomic E-state index is -0.502. The Morgan fingerprint density at radius 2 is 1.96 bits per heavy atom. The Kier molecular flexibility index (Phi) is 5.02. The summed E-state index contributed by atoms with van der Waals surface area (Å²) < 4.78 is 20.9. The van der Waals surface area contributed by atoms with Crippen molar-refractivity contribution in [2.75, 3.05) is 11.9 Å². The Morgan fingerprint density at radius 3 is 2.70 bits per heavy atom. The number of hydrogen-bond donors (Lipinski definition) is 1. The Bertz CT molecular complexity index is 1140. The SMILES string of the molecule is Cn1c(=O)c2cc(NC(=O)CCOc3ccccc3F)cnc2n(C)c1=O. The van der Waals surface area contributed by atoms with Gasteiger partial charge in [-0.25, -0.2) is 14.2 Å². The first kappa shape index (κ1) is 18.3. The zero-order valence-electron chi connectivity index (χ0n) is 14.7. The second kappa shape index (κ2) is 7.40. The van der Waals surface area contributed by atoms with E-state index in [1.165, 1.54) is 43.1 Å². The zero-order valence-corrected chi connectivity index (χ0v) is 14.7. The van der Waals surface area contributed by atoms with E-state index in [9.17, 15) is 18.8 Å². The summed E-state index contributed by atoms with van der Waals surface area (Å²) in [6.07, 6.45) is 1.34. The maximum absolute atomic E-state index is 13.5. The van der Waals surface area contributed by atoms with Gasteiger partial charge in [-0.3, -0.25) is 18.7 Å². The van der Waals surface area contributed by atoms with E-state index in [4.69, 9.17) is 4.74 Å². The van der Waals surface area contributed by atoms with Crippen LogP contribution < -0.4 is 21.3 Å². The summed E-state index contributed by atoms with van der Waals surface area (Å²) in [4.78, 5) is 40.3. The molecule has 0 fully saturated rings. The molecule has 3 aromatic rings. The van der Waals surface area contributed by atoms with Crippen molar-refractivity contribution in [1.29, 1.82) is 0 Å². The van der Waals surface area contributed by atoms with Crippen LogP contribution in [0.2, 0.25) is 0 Å². The molecule has 140 valence electrons. The summed E-state index contributed by atoms with van der Waals surface area (Å²) >= 11 is 0. The summed E-state index contributed by atoms with van der Waals surface area (Å²) in [6.45, 7) is -0.00988. The Hall–Kier alpha value is -3.49. The molecule has 9 heteroatoms. The molecule has 0 aliphatic carbocycles. The molecule has 0 saturated carbocycles. The van der Waals surface area contributed by atoms with Gasteiger partial charge in [0.15, 0.2) is 11.6 Å². The third kappa shape index (κ3) is 3.71. The van der Waals surface area contributed by atoms with Gasteiger partial charge in [0.25, 0.3) is 5.56 Å². The van der Waals surface area contributed by atoms with Crippen molar-refractivity contribution in [3.63, 3.8) is 0 Å². The molecule has 3 rings (SSSR count). The number of halogens is 1. The highest BCUT2D eigenvalue weighted by Gasteiger charge is 2.12. The molecular weight excluding hydrogens is 355 g/mol. The van der Waals surface area contributed by atoms with Crippen LogP contribution in [0.15, 0.2) is 46.1 Å². The number of anilines is 1. The van der Waals surface area contributed by atoms with Crippen molar-refractivity contribution >= 4 is 22.6 Å². The lowest BCUT2D eigenvalue weighted by Crippen LogP contribution is -2.37. The van der Waals surface area contributed by atoms with Gasteiger partial charge in [0.2, 0.25) is 5.91 Å². The minimum absolute atomic E-state index is 0.00988. The molecule has 0 aliphatic rings. The van der Waals surface area contributed by atoms with Crippen LogP contribution in [0.4, 0.5) is 10.1 Å². The lowest BCUT2D eigenvalue weighted by Gasteiger charge is -2.10. The van der Waals surface area contributed by atoms with Gasteiger partial charge in [0.05, 0.1) is 30.3 Å². The van der Waals surface area contributed by atoms with Gasteiger partial charge < -0.3 is 10.1 Å². The summed E-state index contributed by atoms with van der Waals surface area (Å²) in [5.74, 6) is -0.811. The Labute approximate surface area is 152 Å². The van der Waals surface area contributed by atoms with E-state index in [0.29, 0.717) is 5.69 Å². The van der Waals surface area contributed by atoms with Crippen molar-refractivity contribution < 1.29 is 13.9 Å². The van der Waals surface area contributed by atoms with Crippen molar-refractivity contribution in [3.8, 4) is 5.75 Å². The molecular formula is C18H17FN4O4. The summed E-state index contributed by atoms with van der Waals surface area (Å²) in [5, 5.41) is 2.81. The zero-order chi connectivity index (χ0) is 19.6. The van der Waals surface area contributed by atoms with E-state index in [1.54, 1.807) is 12.1 Å². The number of carbonyl (C=O) groups is 1. The molecule has 0 radical (unpaired) electrons. The number of pyridine rings is 1. The number of aryl methyl sites for hydroxylation is 1. The Morgan fingerprint density at radius 1 is 1.22 bits per heavy atom. The van der Waals surface area contributed by atoms with Gasteiger partial charge in [0.1, 0.15) is 5.65 Å². The van der Waals surface area contributed by atoms with Crippen molar-refractivity contribution in [1.82, 2.24) is 14.1 Å². The first-order valence-electron chi connectivity index (χ1n) is 8.11. The molecule has 0 spiro atoms. The van der Waals surface area contributed by atoms with E-state index in [2.05, 4.69) is 10.3 Å². The molecule has 0 bridgehead atoms. The third-order valence-electron chi connectivity index (χ3n) is 4.00. The number of amides is 1. The van der Waals surface area contributed by atoms with Gasteiger partial charge >= 0.3 is 5.69 Å². The lowest BCUT2D eigenvalue weighted by molar-refractivity contribution is -0.116. The van der Waals surface area contributed by atoms with Gasteiger partial charge in [-0.1, -0.05) is 12.1 Å². The standard InChI is InChI=1S/C18H17FN4O4/c1-22-16-12(17(25)23(2)18(22)26)9-11(10-20-16)21-15(24)7-8-27-14-6-4-3-5-13(14)19/h3-6,9-10H,7-8H2,1-2H3,(H,21,24). The normalized spacial score (nSPS) is 10.8. The third-order valence-corrected chi connectivity index (χ3v) is 4.00. The maximum atomic E-state index is 13.5. The number of fused-ring (bicyclic) bond motifs is 1. The molecule has 0 atom stereocenters. The molecule has 2 heterocycles. The smallest absolute Gasteiger partial charge is 0.332 e. The summed E-state index contributed by atoms with van der Waals surface area (Å²) in [6, 6.07) is 7.37. The van der Waals surface area contributed by atoms with Crippen LogP contribution in [0.1, 0.15) is 6.42 Å². The number of aromatic nitrogens is 3. The number of carbonyl (C=O) groups excluding carboxylic acids is 1. The molecule has 8 nitrogen and oxygen atoms in total. The largest absolute Gasteiger partial charge is 0.490 e. The van der Waals surface area contributed by atoms with E-state index in [0.717, 1.165) is 4.57 Å². The highest BCUT2D eigenvalue weighted by molar-refractivity contribution is 5.92. The average Bonchev–Trinajstić information content (AvgIpc) is 2.66. The average molecular weight is 372 g/mol. The van der Waals surface area contributed by atoms with E-state index in [-0.39, 0.29) is 35.7 Å². The van der Waals surface area contributed by atoms with E-state index >= 15 is 0 Å². The van der Waals surface area contributed by atoms with Crippen LogP contribution in [-0.2, 0) is 18.9 Å². The fraction of sp³-hybridized carbons (Fsp3) is 0.222. The van der Waals surface area contributed by atoms with Gasteiger partial charge in [-0.05, 0) is 18.2 Å². The molecule has 2 aromatic heterocycles. The second-order valence-corrected chi connectivity index (χ2v) is 5.88. The van der Waals surface area contributed by atoms with Gasteiger partial charge in [-0.2, -0.15) is 0 Å².